The van der Waals surface area contributed by atoms with Gasteiger partial charge in [0.2, 0.25) is 0 Å². The topological polar surface area (TPSA) is 0 Å². The van der Waals surface area contributed by atoms with Gasteiger partial charge in [0, 0.05) is 9.49 Å². The molecule has 4 saturated carbocycles. The van der Waals surface area contributed by atoms with Gasteiger partial charge in [0.05, 0.1) is 3.53 Å². The molecule has 0 nitrogen and oxygen atoms in total. The Hall–Kier alpha value is 0.790. The summed E-state index contributed by atoms with van der Waals surface area (Å²) in [5.74, 6) is 2.10. The van der Waals surface area contributed by atoms with Crippen LogP contribution >= 0.6 is 35.7 Å². The fraction of sp³-hybridized carbons (Fsp3) is 0.933. The van der Waals surface area contributed by atoms with E-state index in [1.165, 1.54) is 64.2 Å². The fourth-order valence-corrected chi connectivity index (χ4v) is 12.4. The minimum absolute atomic E-state index is 0.112. The van der Waals surface area contributed by atoms with E-state index in [2.05, 4.69) is 0 Å². The van der Waals surface area contributed by atoms with Crippen LogP contribution in [0.2, 0.25) is 0 Å². The first-order valence-corrected chi connectivity index (χ1v) is 9.87. The number of hydrogen-bond acceptors (Lipinski definition) is 1. The summed E-state index contributed by atoms with van der Waals surface area (Å²) < 4.78 is 2.44. The predicted molar refractivity (Wildman–Crippen MR) is 89.2 cm³/mol. The summed E-state index contributed by atoms with van der Waals surface area (Å²) >= 11 is 10.5. The standard InChI is InChI=1S/C15H24S3/c16-13(17)18(14-5-1-11(9-14)2-6-14)15-7-3-12(10-15)4-8-15/h11-12,18H,1-10H2,(H,16,17). The predicted octanol–water partition coefficient (Wildman–Crippen LogP) is 4.87. The molecule has 0 N–H and O–H groups in total. The van der Waals surface area contributed by atoms with Crippen LogP contribution in [0.4, 0.5) is 0 Å². The van der Waals surface area contributed by atoms with Crippen molar-refractivity contribution in [2.75, 3.05) is 0 Å². The molecule has 0 spiro atoms. The van der Waals surface area contributed by atoms with Crippen molar-refractivity contribution in [3.63, 3.8) is 0 Å². The highest BCUT2D eigenvalue weighted by Crippen LogP contribution is 2.73. The lowest BCUT2D eigenvalue weighted by atomic mass is 9.99. The number of thiocarbonyl (C=S) groups is 1. The molecule has 0 radical (unpaired) electrons. The average molecular weight is 301 g/mol. The highest BCUT2D eigenvalue weighted by Gasteiger charge is 2.58. The maximum atomic E-state index is 5.70. The molecule has 4 aliphatic carbocycles. The molecule has 0 heterocycles. The molecule has 102 valence electrons. The minimum Gasteiger partial charge on any atom is -0.200 e. The van der Waals surface area contributed by atoms with Crippen LogP contribution in [0, 0.1) is 11.8 Å². The van der Waals surface area contributed by atoms with E-state index < -0.39 is 0 Å². The van der Waals surface area contributed by atoms with Gasteiger partial charge >= 0.3 is 0 Å². The molecule has 0 amide bonds. The second-order valence-electron chi connectivity index (χ2n) is 7.36. The van der Waals surface area contributed by atoms with Gasteiger partial charge in [0.25, 0.3) is 0 Å². The Morgan fingerprint density at radius 1 is 0.889 bits per heavy atom. The lowest BCUT2D eigenvalue weighted by molar-refractivity contribution is 0.482. The van der Waals surface area contributed by atoms with Gasteiger partial charge in [0.15, 0.2) is 0 Å². The van der Waals surface area contributed by atoms with Crippen molar-refractivity contribution < 1.29 is 0 Å². The van der Waals surface area contributed by atoms with E-state index in [-0.39, 0.29) is 10.9 Å². The summed E-state index contributed by atoms with van der Waals surface area (Å²) in [6.07, 6.45) is 14.9. The Kier molecular flexibility index (Phi) is 2.88. The van der Waals surface area contributed by atoms with E-state index >= 15 is 0 Å². The summed E-state index contributed by atoms with van der Waals surface area (Å²) in [5.41, 5.74) is 0. The molecule has 0 saturated heterocycles. The zero-order chi connectivity index (χ0) is 12.4. The van der Waals surface area contributed by atoms with Gasteiger partial charge in [-0.3, -0.25) is 0 Å². The first kappa shape index (κ1) is 12.5. The summed E-state index contributed by atoms with van der Waals surface area (Å²) in [5, 5.41) is 0. The molecule has 3 heteroatoms. The Labute approximate surface area is 124 Å². The number of thiol groups is 2. The molecule has 4 fully saturated rings. The van der Waals surface area contributed by atoms with Gasteiger partial charge in [-0.25, -0.2) is 0 Å². The molecular weight excluding hydrogens is 276 g/mol. The molecule has 0 aliphatic heterocycles. The maximum Gasteiger partial charge on any atom is 0.0820 e. The van der Waals surface area contributed by atoms with Crippen LogP contribution < -0.4 is 0 Å². The molecule has 0 atom stereocenters. The largest absolute Gasteiger partial charge is 0.200 e. The second kappa shape index (κ2) is 4.14. The van der Waals surface area contributed by atoms with Crippen molar-refractivity contribution in [3.8, 4) is 0 Å². The molecule has 0 aromatic rings. The third kappa shape index (κ3) is 1.62. The van der Waals surface area contributed by atoms with Gasteiger partial charge in [-0.1, -0.05) is 12.2 Å². The second-order valence-corrected chi connectivity index (χ2v) is 12.2. The first-order valence-electron chi connectivity index (χ1n) is 7.67. The zero-order valence-corrected chi connectivity index (χ0v) is 13.6. The summed E-state index contributed by atoms with van der Waals surface area (Å²) in [6, 6.07) is 0. The van der Waals surface area contributed by atoms with Crippen molar-refractivity contribution in [1.29, 1.82) is 0 Å². The maximum absolute atomic E-state index is 5.70. The van der Waals surface area contributed by atoms with E-state index in [1.54, 1.807) is 0 Å². The fourth-order valence-electron chi connectivity index (χ4n) is 5.86. The lowest BCUT2D eigenvalue weighted by Crippen LogP contribution is -2.38. The van der Waals surface area contributed by atoms with E-state index in [1.807, 2.05) is 0 Å². The number of rotatable bonds is 2. The van der Waals surface area contributed by atoms with Crippen molar-refractivity contribution in [1.82, 2.24) is 0 Å². The molecule has 0 unspecified atom stereocenters. The normalized spacial score (nSPS) is 51.9. The Morgan fingerprint density at radius 3 is 1.50 bits per heavy atom. The smallest absolute Gasteiger partial charge is 0.0820 e. The van der Waals surface area contributed by atoms with Crippen molar-refractivity contribution in [2.24, 2.45) is 11.8 Å². The number of hydrogen-bond donors (Lipinski definition) is 2. The van der Waals surface area contributed by atoms with Gasteiger partial charge in [-0.05, 0) is 76.0 Å². The van der Waals surface area contributed by atoms with Gasteiger partial charge in [-0.2, -0.15) is 10.9 Å². The monoisotopic (exact) mass is 300 g/mol. The van der Waals surface area contributed by atoms with Crippen LogP contribution in [0.1, 0.15) is 64.2 Å². The van der Waals surface area contributed by atoms with Crippen LogP contribution in [-0.2, 0) is 0 Å². The van der Waals surface area contributed by atoms with Crippen molar-refractivity contribution >= 4 is 39.3 Å². The van der Waals surface area contributed by atoms with Gasteiger partial charge < -0.3 is 0 Å². The third-order valence-electron chi connectivity index (χ3n) is 6.55. The molecule has 4 aliphatic rings. The van der Waals surface area contributed by atoms with Crippen molar-refractivity contribution in [3.05, 3.63) is 0 Å². The van der Waals surface area contributed by atoms with E-state index in [0.29, 0.717) is 9.49 Å². The van der Waals surface area contributed by atoms with Crippen LogP contribution in [0.5, 0.6) is 0 Å². The zero-order valence-electron chi connectivity index (χ0n) is 11.0. The summed E-state index contributed by atoms with van der Waals surface area (Å²) in [4.78, 5) is 0. The quantitative estimate of drug-likeness (QED) is 0.542. The van der Waals surface area contributed by atoms with Crippen LogP contribution in [0.15, 0.2) is 0 Å². The molecule has 4 rings (SSSR count). The van der Waals surface area contributed by atoms with E-state index in [0.717, 1.165) is 15.4 Å². The number of fused-ring (bicyclic) bond motifs is 4. The van der Waals surface area contributed by atoms with E-state index in [4.69, 9.17) is 24.8 Å². The van der Waals surface area contributed by atoms with Gasteiger partial charge in [0.1, 0.15) is 0 Å². The first-order chi connectivity index (χ1) is 8.64. The van der Waals surface area contributed by atoms with Gasteiger partial charge in [-0.15, -0.1) is 12.6 Å². The Bertz CT molecular complexity index is 343. The minimum atomic E-state index is -0.112. The van der Waals surface area contributed by atoms with Crippen LogP contribution in [0.25, 0.3) is 0 Å². The molecule has 18 heavy (non-hydrogen) atoms. The van der Waals surface area contributed by atoms with E-state index in [9.17, 15) is 0 Å². The summed E-state index contributed by atoms with van der Waals surface area (Å²) in [6.45, 7) is 0. The molecule has 0 aromatic carbocycles. The van der Waals surface area contributed by atoms with Crippen molar-refractivity contribution in [2.45, 2.75) is 73.7 Å². The average Bonchev–Trinajstić information content (AvgIpc) is 3.07. The molecule has 0 aromatic heterocycles. The van der Waals surface area contributed by atoms with Crippen LogP contribution in [0.3, 0.4) is 0 Å². The summed E-state index contributed by atoms with van der Waals surface area (Å²) in [7, 11) is -0.112. The molecular formula is C15H24S3. The highest BCUT2D eigenvalue weighted by molar-refractivity contribution is 8.51. The van der Waals surface area contributed by atoms with Crippen LogP contribution in [-0.4, -0.2) is 13.0 Å². The molecule has 4 bridgehead atoms. The third-order valence-corrected chi connectivity index (χ3v) is 11.2. The lowest BCUT2D eigenvalue weighted by Gasteiger charge is -2.50. The Balaban J connectivity index is 1.71. The SMILES string of the molecule is S=C(S)[SH](C12CCC(CC1)C2)C12CCC(CC1)C2. The highest BCUT2D eigenvalue weighted by atomic mass is 32.3. The Morgan fingerprint density at radius 2 is 1.28 bits per heavy atom.